The maximum Gasteiger partial charge on any atom is 0.225 e. The lowest BCUT2D eigenvalue weighted by atomic mass is 9.86. The Morgan fingerprint density at radius 2 is 2.25 bits per heavy atom. The van der Waals surface area contributed by atoms with Crippen LogP contribution in [0.1, 0.15) is 52.1 Å². The zero-order valence-corrected chi connectivity index (χ0v) is 13.5. The van der Waals surface area contributed by atoms with Gasteiger partial charge in [-0.25, -0.2) is 4.98 Å². The van der Waals surface area contributed by atoms with Crippen LogP contribution < -0.4 is 10.2 Å². The summed E-state index contributed by atoms with van der Waals surface area (Å²) in [7, 11) is 0. The molecule has 0 aliphatic heterocycles. The number of nitrogens with one attached hydrogen (secondary N) is 1. The number of rotatable bonds is 5. The molecule has 1 fully saturated rings. The average molecular weight is 295 g/mol. The molecule has 2 atom stereocenters. The van der Waals surface area contributed by atoms with Crippen LogP contribution in [0, 0.1) is 5.92 Å². The highest BCUT2D eigenvalue weighted by Gasteiger charge is 2.21. The first-order chi connectivity index (χ1) is 9.61. The van der Waals surface area contributed by atoms with Crippen molar-refractivity contribution in [3.8, 4) is 0 Å². The number of carbonyl (C=O) groups is 1. The summed E-state index contributed by atoms with van der Waals surface area (Å²) in [5.74, 6) is 0.813. The van der Waals surface area contributed by atoms with Crippen molar-refractivity contribution in [3.05, 3.63) is 11.1 Å². The summed E-state index contributed by atoms with van der Waals surface area (Å²) in [6.07, 6.45) is 5.29. The van der Waals surface area contributed by atoms with Crippen LogP contribution in [0.15, 0.2) is 5.38 Å². The highest BCUT2D eigenvalue weighted by atomic mass is 32.1. The first-order valence-corrected chi connectivity index (χ1v) is 8.45. The Morgan fingerprint density at radius 1 is 1.50 bits per heavy atom. The maximum absolute atomic E-state index is 11.5. The summed E-state index contributed by atoms with van der Waals surface area (Å²) < 4.78 is 0. The van der Waals surface area contributed by atoms with Gasteiger partial charge in [0.15, 0.2) is 5.13 Å². The monoisotopic (exact) mass is 295 g/mol. The number of hydrogen-bond acceptors (Lipinski definition) is 4. The van der Waals surface area contributed by atoms with Crippen LogP contribution in [-0.2, 0) is 11.3 Å². The molecule has 1 aromatic heterocycles. The van der Waals surface area contributed by atoms with Gasteiger partial charge in [-0.2, -0.15) is 0 Å². The largest absolute Gasteiger partial charge is 0.308 e. The van der Waals surface area contributed by atoms with Gasteiger partial charge in [-0.15, -0.1) is 11.3 Å². The topological polar surface area (TPSA) is 45.2 Å². The number of anilines is 1. The third-order valence-electron chi connectivity index (χ3n) is 4.12. The third-order valence-corrected chi connectivity index (χ3v) is 5.04. The number of carbonyl (C=O) groups excluding carboxylic acids is 1. The fourth-order valence-corrected chi connectivity index (χ4v) is 3.78. The van der Waals surface area contributed by atoms with Gasteiger partial charge in [0.25, 0.3) is 0 Å². The van der Waals surface area contributed by atoms with Crippen molar-refractivity contribution in [3.63, 3.8) is 0 Å². The van der Waals surface area contributed by atoms with Gasteiger partial charge in [-0.05, 0) is 25.7 Å². The minimum Gasteiger partial charge on any atom is -0.308 e. The minimum atomic E-state index is 0.0576. The smallest absolute Gasteiger partial charge is 0.225 e. The van der Waals surface area contributed by atoms with Gasteiger partial charge < -0.3 is 5.32 Å². The second-order valence-corrected chi connectivity index (χ2v) is 6.47. The summed E-state index contributed by atoms with van der Waals surface area (Å²) in [6.45, 7) is 7.38. The quantitative estimate of drug-likeness (QED) is 0.907. The number of thiazole rings is 1. The SMILES string of the molecule is CCN(C(C)=O)c1nc(CNC2CCCCC2C)cs1. The number of nitrogens with zero attached hydrogens (tertiary/aromatic N) is 2. The van der Waals surface area contributed by atoms with Gasteiger partial charge in [0.2, 0.25) is 5.91 Å². The van der Waals surface area contributed by atoms with Crippen molar-refractivity contribution in [2.75, 3.05) is 11.4 Å². The highest BCUT2D eigenvalue weighted by Crippen LogP contribution is 2.25. The van der Waals surface area contributed by atoms with Crippen molar-refractivity contribution in [1.29, 1.82) is 0 Å². The van der Waals surface area contributed by atoms with E-state index in [1.54, 1.807) is 23.2 Å². The Hall–Kier alpha value is -0.940. The molecule has 112 valence electrons. The second-order valence-electron chi connectivity index (χ2n) is 5.63. The molecule has 1 aliphatic carbocycles. The Morgan fingerprint density at radius 3 is 2.90 bits per heavy atom. The van der Waals surface area contributed by atoms with E-state index in [0.717, 1.165) is 23.3 Å². The zero-order valence-electron chi connectivity index (χ0n) is 12.7. The number of aromatic nitrogens is 1. The zero-order chi connectivity index (χ0) is 14.5. The molecule has 0 radical (unpaired) electrons. The molecule has 0 bridgehead atoms. The minimum absolute atomic E-state index is 0.0576. The van der Waals surface area contributed by atoms with Crippen molar-refractivity contribution in [2.24, 2.45) is 5.92 Å². The van der Waals surface area contributed by atoms with E-state index in [4.69, 9.17) is 0 Å². The lowest BCUT2D eigenvalue weighted by molar-refractivity contribution is -0.116. The van der Waals surface area contributed by atoms with Crippen LogP contribution in [-0.4, -0.2) is 23.5 Å². The predicted octanol–water partition coefficient (Wildman–Crippen LogP) is 3.18. The fraction of sp³-hybridized carbons (Fsp3) is 0.733. The molecular formula is C15H25N3OS. The molecule has 0 aromatic carbocycles. The number of hydrogen-bond donors (Lipinski definition) is 1. The Balaban J connectivity index is 1.90. The molecule has 1 heterocycles. The van der Waals surface area contributed by atoms with Crippen LogP contribution in [0.2, 0.25) is 0 Å². The van der Waals surface area contributed by atoms with Crippen LogP contribution >= 0.6 is 11.3 Å². The summed E-state index contributed by atoms with van der Waals surface area (Å²) in [4.78, 5) is 17.8. The van der Waals surface area contributed by atoms with Gasteiger partial charge in [-0.1, -0.05) is 19.8 Å². The molecule has 5 heteroatoms. The van der Waals surface area contributed by atoms with E-state index >= 15 is 0 Å². The van der Waals surface area contributed by atoms with Crippen molar-refractivity contribution >= 4 is 22.4 Å². The van der Waals surface area contributed by atoms with Crippen LogP contribution in [0.5, 0.6) is 0 Å². The molecule has 4 nitrogen and oxygen atoms in total. The van der Waals surface area contributed by atoms with E-state index in [-0.39, 0.29) is 5.91 Å². The molecule has 1 saturated carbocycles. The Kier molecular flexibility index (Phi) is 5.54. The van der Waals surface area contributed by atoms with Crippen molar-refractivity contribution in [1.82, 2.24) is 10.3 Å². The molecule has 20 heavy (non-hydrogen) atoms. The highest BCUT2D eigenvalue weighted by molar-refractivity contribution is 7.14. The molecule has 0 spiro atoms. The van der Waals surface area contributed by atoms with Crippen molar-refractivity contribution in [2.45, 2.75) is 59.0 Å². The molecule has 1 amide bonds. The Labute approximate surface area is 125 Å². The van der Waals surface area contributed by atoms with E-state index in [9.17, 15) is 4.79 Å². The second kappa shape index (κ2) is 7.18. The number of amides is 1. The predicted molar refractivity (Wildman–Crippen MR) is 84.1 cm³/mol. The molecule has 2 rings (SSSR count). The standard InChI is InChI=1S/C15H25N3OS/c1-4-18(12(3)19)15-17-13(10-20-15)9-16-14-8-6-5-7-11(14)2/h10-11,14,16H,4-9H2,1-3H3. The van der Waals surface area contributed by atoms with Gasteiger partial charge in [0, 0.05) is 31.4 Å². The van der Waals surface area contributed by atoms with E-state index in [1.807, 2.05) is 6.92 Å². The molecule has 1 N–H and O–H groups in total. The molecule has 1 aliphatic rings. The molecule has 1 aromatic rings. The van der Waals surface area contributed by atoms with Crippen LogP contribution in [0.3, 0.4) is 0 Å². The van der Waals surface area contributed by atoms with Gasteiger partial charge in [0.1, 0.15) is 0 Å². The Bertz CT molecular complexity index is 446. The molecule has 0 saturated heterocycles. The van der Waals surface area contributed by atoms with Crippen molar-refractivity contribution < 1.29 is 4.79 Å². The van der Waals surface area contributed by atoms with E-state index in [2.05, 4.69) is 22.6 Å². The van der Waals surface area contributed by atoms with Gasteiger partial charge in [0.05, 0.1) is 5.69 Å². The van der Waals surface area contributed by atoms with E-state index < -0.39 is 0 Å². The van der Waals surface area contributed by atoms with E-state index in [1.165, 1.54) is 25.7 Å². The molecular weight excluding hydrogens is 270 g/mol. The summed E-state index contributed by atoms with van der Waals surface area (Å²) in [6, 6.07) is 0.615. The summed E-state index contributed by atoms with van der Waals surface area (Å²) in [5, 5.41) is 6.50. The first-order valence-electron chi connectivity index (χ1n) is 7.57. The lowest BCUT2D eigenvalue weighted by Crippen LogP contribution is -2.36. The molecule has 2 unspecified atom stereocenters. The lowest BCUT2D eigenvalue weighted by Gasteiger charge is -2.29. The third kappa shape index (κ3) is 3.79. The summed E-state index contributed by atoms with van der Waals surface area (Å²) >= 11 is 1.55. The summed E-state index contributed by atoms with van der Waals surface area (Å²) in [5.41, 5.74) is 1.04. The first kappa shape index (κ1) is 15.4. The van der Waals surface area contributed by atoms with Gasteiger partial charge in [-0.3, -0.25) is 9.69 Å². The van der Waals surface area contributed by atoms with Crippen LogP contribution in [0.25, 0.3) is 0 Å². The normalized spacial score (nSPS) is 22.8. The van der Waals surface area contributed by atoms with E-state index in [0.29, 0.717) is 12.6 Å². The van der Waals surface area contributed by atoms with Crippen LogP contribution in [0.4, 0.5) is 5.13 Å². The maximum atomic E-state index is 11.5. The van der Waals surface area contributed by atoms with Gasteiger partial charge >= 0.3 is 0 Å². The average Bonchev–Trinajstić information content (AvgIpc) is 2.87. The fourth-order valence-electron chi connectivity index (χ4n) is 2.85.